The van der Waals surface area contributed by atoms with Crippen LogP contribution in [0.3, 0.4) is 0 Å². The van der Waals surface area contributed by atoms with Crippen LogP contribution in [0.2, 0.25) is 0 Å². The van der Waals surface area contributed by atoms with E-state index in [1.807, 2.05) is 6.92 Å². The summed E-state index contributed by atoms with van der Waals surface area (Å²) in [5.41, 5.74) is 0. The number of hydrogen-bond acceptors (Lipinski definition) is 2. The number of hydrogen-bond donors (Lipinski definition) is 2. The molecule has 0 aliphatic heterocycles. The van der Waals surface area contributed by atoms with Gasteiger partial charge in [-0.05, 0) is 19.3 Å². The van der Waals surface area contributed by atoms with Crippen LogP contribution in [0.5, 0.6) is 0 Å². The highest BCUT2D eigenvalue weighted by Gasteiger charge is 2.31. The van der Waals surface area contributed by atoms with Crippen molar-refractivity contribution >= 4 is 12.0 Å². The van der Waals surface area contributed by atoms with Gasteiger partial charge in [-0.3, -0.25) is 4.79 Å². The van der Waals surface area contributed by atoms with Crippen molar-refractivity contribution in [1.82, 2.24) is 10.2 Å². The van der Waals surface area contributed by atoms with E-state index in [0.717, 1.165) is 32.1 Å². The number of urea groups is 1. The molecule has 0 saturated heterocycles. The average molecular weight is 282 g/mol. The summed E-state index contributed by atoms with van der Waals surface area (Å²) in [5, 5.41) is 12.2. The van der Waals surface area contributed by atoms with Gasteiger partial charge in [0.1, 0.15) is 0 Å². The number of nitrogens with one attached hydrogen (secondary N) is 1. The van der Waals surface area contributed by atoms with Crippen molar-refractivity contribution in [2.45, 2.75) is 51.5 Å². The fraction of sp³-hybridized carbons (Fsp3) is 0.733. The molecule has 114 valence electrons. The van der Waals surface area contributed by atoms with Gasteiger partial charge < -0.3 is 15.3 Å². The van der Waals surface area contributed by atoms with Crippen LogP contribution >= 0.6 is 0 Å². The summed E-state index contributed by atoms with van der Waals surface area (Å²) < 4.78 is 0. The summed E-state index contributed by atoms with van der Waals surface area (Å²) in [6.45, 7) is 6.81. The van der Waals surface area contributed by atoms with E-state index >= 15 is 0 Å². The summed E-state index contributed by atoms with van der Waals surface area (Å²) >= 11 is 0. The molecule has 0 heterocycles. The van der Waals surface area contributed by atoms with Crippen LogP contribution < -0.4 is 5.32 Å². The zero-order valence-corrected chi connectivity index (χ0v) is 12.3. The zero-order valence-electron chi connectivity index (χ0n) is 12.3. The molecule has 5 heteroatoms. The quantitative estimate of drug-likeness (QED) is 0.581. The van der Waals surface area contributed by atoms with Crippen molar-refractivity contribution in [3.05, 3.63) is 12.7 Å². The highest BCUT2D eigenvalue weighted by Crippen LogP contribution is 2.24. The second-order valence-corrected chi connectivity index (χ2v) is 5.37. The molecule has 0 aromatic rings. The van der Waals surface area contributed by atoms with Gasteiger partial charge >= 0.3 is 12.0 Å². The van der Waals surface area contributed by atoms with E-state index in [4.69, 9.17) is 0 Å². The predicted molar refractivity (Wildman–Crippen MR) is 78.6 cm³/mol. The van der Waals surface area contributed by atoms with E-state index in [0.29, 0.717) is 19.5 Å². The van der Waals surface area contributed by atoms with Gasteiger partial charge in [0.25, 0.3) is 0 Å². The maximum atomic E-state index is 12.2. The highest BCUT2D eigenvalue weighted by atomic mass is 16.4. The van der Waals surface area contributed by atoms with Crippen molar-refractivity contribution < 1.29 is 14.7 Å². The van der Waals surface area contributed by atoms with E-state index in [1.54, 1.807) is 11.0 Å². The molecule has 0 bridgehead atoms. The summed E-state index contributed by atoms with van der Waals surface area (Å²) in [4.78, 5) is 25.3. The highest BCUT2D eigenvalue weighted by molar-refractivity contribution is 5.77. The van der Waals surface area contributed by atoms with E-state index < -0.39 is 11.9 Å². The maximum Gasteiger partial charge on any atom is 0.317 e. The van der Waals surface area contributed by atoms with Gasteiger partial charge in [0.15, 0.2) is 0 Å². The van der Waals surface area contributed by atoms with Crippen LogP contribution in [0.15, 0.2) is 12.7 Å². The minimum absolute atomic E-state index is 0.176. The Balaban J connectivity index is 2.67. The Morgan fingerprint density at radius 2 is 2.05 bits per heavy atom. The summed E-state index contributed by atoms with van der Waals surface area (Å²) in [7, 11) is 0. The van der Waals surface area contributed by atoms with Crippen molar-refractivity contribution in [3.8, 4) is 0 Å². The third-order valence-corrected chi connectivity index (χ3v) is 3.77. The van der Waals surface area contributed by atoms with Crippen LogP contribution in [0.25, 0.3) is 0 Å². The van der Waals surface area contributed by atoms with Crippen molar-refractivity contribution in [2.24, 2.45) is 5.92 Å². The smallest absolute Gasteiger partial charge is 0.317 e. The Bertz CT molecular complexity index is 344. The van der Waals surface area contributed by atoms with Crippen molar-refractivity contribution in [1.29, 1.82) is 0 Å². The maximum absolute atomic E-state index is 12.2. The standard InChI is InChI=1S/C15H26N2O3/c1-3-10-17(11-4-2)15(20)16-13-9-7-5-6-8-12(13)14(18)19/h3,12-13H,1,4-11H2,2H3,(H,16,20)(H,18,19). The van der Waals surface area contributed by atoms with Gasteiger partial charge in [-0.2, -0.15) is 0 Å². The molecule has 20 heavy (non-hydrogen) atoms. The molecule has 0 radical (unpaired) electrons. The predicted octanol–water partition coefficient (Wildman–Crippen LogP) is 2.63. The van der Waals surface area contributed by atoms with E-state index in [2.05, 4.69) is 11.9 Å². The number of carboxylic acid groups (broad SMARTS) is 1. The number of carbonyl (C=O) groups is 2. The first-order valence-corrected chi connectivity index (χ1v) is 7.49. The molecule has 2 amide bonds. The Morgan fingerprint density at radius 1 is 1.35 bits per heavy atom. The molecule has 0 aromatic carbocycles. The molecule has 1 rings (SSSR count). The first-order valence-electron chi connectivity index (χ1n) is 7.49. The largest absolute Gasteiger partial charge is 0.481 e. The van der Waals surface area contributed by atoms with Gasteiger partial charge in [0.05, 0.1) is 5.92 Å². The van der Waals surface area contributed by atoms with E-state index in [1.165, 1.54) is 0 Å². The third-order valence-electron chi connectivity index (χ3n) is 3.77. The number of carboxylic acids is 1. The van der Waals surface area contributed by atoms with Crippen LogP contribution in [0.4, 0.5) is 4.79 Å². The third kappa shape index (κ3) is 4.87. The second-order valence-electron chi connectivity index (χ2n) is 5.37. The van der Waals surface area contributed by atoms with Gasteiger partial charge in [0.2, 0.25) is 0 Å². The lowest BCUT2D eigenvalue weighted by atomic mass is 9.95. The number of nitrogens with zero attached hydrogens (tertiary/aromatic N) is 1. The van der Waals surface area contributed by atoms with Crippen LogP contribution in [0.1, 0.15) is 45.4 Å². The van der Waals surface area contributed by atoms with Gasteiger partial charge in [-0.25, -0.2) is 4.79 Å². The van der Waals surface area contributed by atoms with E-state index in [-0.39, 0.29) is 12.1 Å². The molecule has 1 aliphatic rings. The lowest BCUT2D eigenvalue weighted by Crippen LogP contribution is -2.49. The first-order chi connectivity index (χ1) is 9.60. The fourth-order valence-electron chi connectivity index (χ4n) is 2.73. The van der Waals surface area contributed by atoms with Crippen LogP contribution in [0, 0.1) is 5.92 Å². The van der Waals surface area contributed by atoms with Crippen molar-refractivity contribution in [3.63, 3.8) is 0 Å². The average Bonchev–Trinajstić information content (AvgIpc) is 2.64. The lowest BCUT2D eigenvalue weighted by molar-refractivity contribution is -0.142. The minimum Gasteiger partial charge on any atom is -0.481 e. The minimum atomic E-state index is -0.803. The van der Waals surface area contributed by atoms with Crippen molar-refractivity contribution in [2.75, 3.05) is 13.1 Å². The Kier molecular flexibility index (Phi) is 7.12. The number of amides is 2. The summed E-state index contributed by atoms with van der Waals surface area (Å²) in [5.74, 6) is -1.27. The SMILES string of the molecule is C=CCN(CCC)C(=O)NC1CCCCCC1C(=O)O. The zero-order chi connectivity index (χ0) is 15.0. The molecule has 1 aliphatic carbocycles. The Hall–Kier alpha value is -1.52. The summed E-state index contributed by atoms with van der Waals surface area (Å²) in [6, 6.07) is -0.434. The lowest BCUT2D eigenvalue weighted by Gasteiger charge is -2.27. The number of aliphatic carboxylic acids is 1. The fourth-order valence-corrected chi connectivity index (χ4v) is 2.73. The van der Waals surface area contributed by atoms with Crippen LogP contribution in [-0.4, -0.2) is 41.1 Å². The molecular formula is C15H26N2O3. The molecule has 5 nitrogen and oxygen atoms in total. The Morgan fingerprint density at radius 3 is 2.65 bits per heavy atom. The monoisotopic (exact) mass is 282 g/mol. The topological polar surface area (TPSA) is 69.6 Å². The van der Waals surface area contributed by atoms with Gasteiger partial charge in [0, 0.05) is 19.1 Å². The molecule has 1 saturated carbocycles. The van der Waals surface area contributed by atoms with E-state index in [9.17, 15) is 14.7 Å². The van der Waals surface area contributed by atoms with Gasteiger partial charge in [-0.1, -0.05) is 32.3 Å². The van der Waals surface area contributed by atoms with Gasteiger partial charge in [-0.15, -0.1) is 6.58 Å². The normalized spacial score (nSPS) is 22.6. The molecule has 2 N–H and O–H groups in total. The Labute approximate surface area is 121 Å². The summed E-state index contributed by atoms with van der Waals surface area (Å²) in [6.07, 6.45) is 6.90. The second kappa shape index (κ2) is 8.61. The molecule has 1 fully saturated rings. The first kappa shape index (κ1) is 16.5. The molecule has 2 atom stereocenters. The molecule has 0 aromatic heterocycles. The molecule has 0 spiro atoms. The number of rotatable bonds is 6. The number of carbonyl (C=O) groups excluding carboxylic acids is 1. The molecule has 2 unspecified atom stereocenters. The van der Waals surface area contributed by atoms with Crippen LogP contribution in [-0.2, 0) is 4.79 Å². The molecular weight excluding hydrogens is 256 g/mol.